The minimum absolute atomic E-state index is 0.107. The molecule has 0 amide bonds. The van der Waals surface area contributed by atoms with Crippen molar-refractivity contribution in [3.05, 3.63) is 29.3 Å². The monoisotopic (exact) mass is 166 g/mol. The summed E-state index contributed by atoms with van der Waals surface area (Å²) < 4.78 is 0. The number of thiol groups is 1. The molecule has 0 aliphatic rings. The van der Waals surface area contributed by atoms with Crippen LogP contribution in [-0.4, -0.2) is 5.78 Å². The Kier molecular flexibility index (Phi) is 2.35. The molecule has 0 aliphatic carbocycles. The van der Waals surface area contributed by atoms with Crippen LogP contribution < -0.4 is 0 Å². The van der Waals surface area contributed by atoms with Gasteiger partial charge in [0.05, 0.1) is 0 Å². The van der Waals surface area contributed by atoms with Crippen LogP contribution in [0.2, 0.25) is 0 Å². The zero-order chi connectivity index (χ0) is 8.43. The van der Waals surface area contributed by atoms with E-state index in [0.717, 1.165) is 16.0 Å². The summed E-state index contributed by atoms with van der Waals surface area (Å²) in [5.74, 6) is 0.107. The number of carbonyl (C=O) groups excluding carboxylic acids is 1. The molecule has 11 heavy (non-hydrogen) atoms. The van der Waals surface area contributed by atoms with Gasteiger partial charge >= 0.3 is 0 Å². The van der Waals surface area contributed by atoms with Crippen molar-refractivity contribution in [1.82, 2.24) is 0 Å². The van der Waals surface area contributed by atoms with E-state index in [0.29, 0.717) is 0 Å². The van der Waals surface area contributed by atoms with Crippen LogP contribution in [0.25, 0.3) is 0 Å². The summed E-state index contributed by atoms with van der Waals surface area (Å²) in [4.78, 5) is 11.8. The molecule has 0 unspecified atom stereocenters. The molecule has 0 fully saturated rings. The number of carbonyl (C=O) groups is 1. The van der Waals surface area contributed by atoms with Gasteiger partial charge in [0, 0.05) is 10.5 Å². The molecule has 58 valence electrons. The van der Waals surface area contributed by atoms with E-state index in [2.05, 4.69) is 12.6 Å². The molecule has 1 aromatic rings. The summed E-state index contributed by atoms with van der Waals surface area (Å²) in [5, 5.41) is 0. The van der Waals surface area contributed by atoms with Crippen LogP contribution in [0.1, 0.15) is 22.8 Å². The third kappa shape index (κ3) is 1.84. The van der Waals surface area contributed by atoms with Crippen LogP contribution in [0.4, 0.5) is 0 Å². The van der Waals surface area contributed by atoms with Crippen molar-refractivity contribution in [3.63, 3.8) is 0 Å². The van der Waals surface area contributed by atoms with Gasteiger partial charge in [-0.15, -0.1) is 12.6 Å². The number of benzene rings is 1. The molecule has 0 atom stereocenters. The first kappa shape index (κ1) is 8.34. The Labute approximate surface area is 71.8 Å². The molecule has 0 heterocycles. The van der Waals surface area contributed by atoms with Gasteiger partial charge in [0.25, 0.3) is 0 Å². The maximum absolute atomic E-state index is 11.0. The van der Waals surface area contributed by atoms with E-state index in [1.54, 1.807) is 13.0 Å². The fourth-order valence-electron chi connectivity index (χ4n) is 1.04. The summed E-state index contributed by atoms with van der Waals surface area (Å²) in [6.45, 7) is 3.48. The lowest BCUT2D eigenvalue weighted by Crippen LogP contribution is -1.94. The average molecular weight is 166 g/mol. The van der Waals surface area contributed by atoms with Crippen molar-refractivity contribution in [3.8, 4) is 0 Å². The van der Waals surface area contributed by atoms with Crippen molar-refractivity contribution >= 4 is 18.4 Å². The predicted molar refractivity (Wildman–Crippen MR) is 48.4 cm³/mol. The van der Waals surface area contributed by atoms with Crippen molar-refractivity contribution < 1.29 is 4.79 Å². The first-order valence-corrected chi connectivity index (χ1v) is 3.86. The van der Waals surface area contributed by atoms with E-state index in [9.17, 15) is 4.79 Å². The Morgan fingerprint density at radius 1 is 1.45 bits per heavy atom. The largest absolute Gasteiger partial charge is 0.295 e. The number of ketones is 1. The van der Waals surface area contributed by atoms with Gasteiger partial charge in [-0.3, -0.25) is 4.79 Å². The van der Waals surface area contributed by atoms with E-state index in [4.69, 9.17) is 0 Å². The molecule has 2 heteroatoms. The average Bonchev–Trinajstić information content (AvgIpc) is 1.85. The summed E-state index contributed by atoms with van der Waals surface area (Å²) in [6, 6.07) is 5.52. The molecule has 0 saturated heterocycles. The number of rotatable bonds is 1. The molecular formula is C9H10OS. The lowest BCUT2D eigenvalue weighted by Gasteiger charge is -2.00. The van der Waals surface area contributed by atoms with E-state index >= 15 is 0 Å². The molecule has 1 rings (SSSR count). The molecule has 0 radical (unpaired) electrons. The molecule has 0 N–H and O–H groups in total. The zero-order valence-corrected chi connectivity index (χ0v) is 7.48. The van der Waals surface area contributed by atoms with E-state index in [1.807, 2.05) is 19.1 Å². The van der Waals surface area contributed by atoms with Gasteiger partial charge in [-0.05, 0) is 31.5 Å². The van der Waals surface area contributed by atoms with E-state index < -0.39 is 0 Å². The lowest BCUT2D eigenvalue weighted by molar-refractivity contribution is 0.101. The number of hydrogen-bond donors (Lipinski definition) is 1. The summed E-state index contributed by atoms with van der Waals surface area (Å²) in [5.41, 5.74) is 1.77. The molecule has 1 aromatic carbocycles. The number of Topliss-reactive ketones (excluding diaryl/α,β-unsaturated/α-hetero) is 1. The summed E-state index contributed by atoms with van der Waals surface area (Å²) >= 11 is 4.16. The lowest BCUT2D eigenvalue weighted by atomic mass is 10.1. The minimum Gasteiger partial charge on any atom is -0.295 e. The second kappa shape index (κ2) is 3.09. The fraction of sp³-hybridized carbons (Fsp3) is 0.222. The quantitative estimate of drug-likeness (QED) is 0.501. The number of aryl methyl sites for hydroxylation is 1. The Morgan fingerprint density at radius 3 is 2.55 bits per heavy atom. The molecular weight excluding hydrogens is 156 g/mol. The van der Waals surface area contributed by atoms with Crippen molar-refractivity contribution in [1.29, 1.82) is 0 Å². The van der Waals surface area contributed by atoms with Gasteiger partial charge in [0.15, 0.2) is 5.78 Å². The Balaban J connectivity index is 3.20. The first-order valence-electron chi connectivity index (χ1n) is 3.42. The highest BCUT2D eigenvalue weighted by atomic mass is 32.1. The van der Waals surface area contributed by atoms with Gasteiger partial charge in [0.2, 0.25) is 0 Å². The second-order valence-corrected chi connectivity index (χ2v) is 3.07. The van der Waals surface area contributed by atoms with E-state index in [-0.39, 0.29) is 5.78 Å². The highest BCUT2D eigenvalue weighted by Crippen LogP contribution is 2.13. The van der Waals surface area contributed by atoms with Crippen molar-refractivity contribution in [2.45, 2.75) is 18.7 Å². The highest BCUT2D eigenvalue weighted by Gasteiger charge is 2.01. The number of hydrogen-bond acceptors (Lipinski definition) is 2. The van der Waals surface area contributed by atoms with Crippen LogP contribution in [-0.2, 0) is 0 Å². The fourth-order valence-corrected chi connectivity index (χ4v) is 1.31. The first-order chi connectivity index (χ1) is 5.11. The minimum atomic E-state index is 0.107. The van der Waals surface area contributed by atoms with Gasteiger partial charge in [-0.1, -0.05) is 6.07 Å². The molecule has 0 aliphatic heterocycles. The van der Waals surface area contributed by atoms with Crippen molar-refractivity contribution in [2.75, 3.05) is 0 Å². The zero-order valence-electron chi connectivity index (χ0n) is 6.59. The van der Waals surface area contributed by atoms with Gasteiger partial charge in [0.1, 0.15) is 0 Å². The normalized spacial score (nSPS) is 9.73. The van der Waals surface area contributed by atoms with Gasteiger partial charge in [-0.25, -0.2) is 0 Å². The molecule has 0 saturated carbocycles. The topological polar surface area (TPSA) is 17.1 Å². The van der Waals surface area contributed by atoms with Crippen LogP contribution >= 0.6 is 12.6 Å². The van der Waals surface area contributed by atoms with Crippen LogP contribution in [0.15, 0.2) is 23.1 Å². The maximum Gasteiger partial charge on any atom is 0.160 e. The third-order valence-electron chi connectivity index (χ3n) is 1.59. The standard InChI is InChI=1S/C9H10OS/c1-6-5-8(11)3-4-9(6)7(2)10/h3-5,11H,1-2H3. The maximum atomic E-state index is 11.0. The summed E-state index contributed by atoms with van der Waals surface area (Å²) in [7, 11) is 0. The van der Waals surface area contributed by atoms with E-state index in [1.165, 1.54) is 0 Å². The Bertz CT molecular complexity index is 292. The third-order valence-corrected chi connectivity index (χ3v) is 1.87. The van der Waals surface area contributed by atoms with Crippen molar-refractivity contribution in [2.24, 2.45) is 0 Å². The SMILES string of the molecule is CC(=O)c1ccc(S)cc1C. The molecule has 0 spiro atoms. The Morgan fingerprint density at radius 2 is 2.09 bits per heavy atom. The second-order valence-electron chi connectivity index (χ2n) is 2.56. The van der Waals surface area contributed by atoms with Gasteiger partial charge < -0.3 is 0 Å². The summed E-state index contributed by atoms with van der Waals surface area (Å²) in [6.07, 6.45) is 0. The molecule has 0 aromatic heterocycles. The Hall–Kier alpha value is -0.760. The van der Waals surface area contributed by atoms with Crippen LogP contribution in [0.5, 0.6) is 0 Å². The van der Waals surface area contributed by atoms with Crippen LogP contribution in [0, 0.1) is 6.92 Å². The molecule has 0 bridgehead atoms. The molecule has 1 nitrogen and oxygen atoms in total. The predicted octanol–water partition coefficient (Wildman–Crippen LogP) is 2.49. The smallest absolute Gasteiger partial charge is 0.160 e. The highest BCUT2D eigenvalue weighted by molar-refractivity contribution is 7.80. The van der Waals surface area contributed by atoms with Crippen LogP contribution in [0.3, 0.4) is 0 Å². The van der Waals surface area contributed by atoms with Gasteiger partial charge in [-0.2, -0.15) is 0 Å².